The van der Waals surface area contributed by atoms with Crippen molar-refractivity contribution in [2.24, 2.45) is 0 Å². The Balaban J connectivity index is 2.10. The third-order valence-electron chi connectivity index (χ3n) is 3.01. The van der Waals surface area contributed by atoms with Gasteiger partial charge in [0, 0.05) is 0 Å². The molecule has 1 atom stereocenters. The van der Waals surface area contributed by atoms with Crippen molar-refractivity contribution in [2.45, 2.75) is 6.10 Å². The molecule has 3 aromatic rings. The Morgan fingerprint density at radius 2 is 1.85 bits per heavy atom. The first-order valence-corrected chi connectivity index (χ1v) is 6.02. The molecule has 2 N–H and O–H groups in total. The second-order valence-corrected chi connectivity index (χ2v) is 4.32. The molecule has 2 aromatic carbocycles. The van der Waals surface area contributed by atoms with E-state index in [-0.39, 0.29) is 17.0 Å². The zero-order valence-electron chi connectivity index (χ0n) is 10.4. The fourth-order valence-electron chi connectivity index (χ4n) is 2.03. The van der Waals surface area contributed by atoms with Gasteiger partial charge in [-0.15, -0.1) is 0 Å². The van der Waals surface area contributed by atoms with Crippen molar-refractivity contribution in [1.82, 2.24) is 4.98 Å². The standard InChI is InChI=1S/C15H11NO4/c17-12(9-5-2-1-3-6-9)14-16-11-8-4-7-10(15(18)19)13(11)20-14/h1-8,12,17H,(H,18,19). The lowest BCUT2D eigenvalue weighted by Gasteiger charge is -2.05. The van der Waals surface area contributed by atoms with Crippen LogP contribution in [0.15, 0.2) is 52.9 Å². The summed E-state index contributed by atoms with van der Waals surface area (Å²) in [6.07, 6.45) is -1.02. The molecule has 0 fully saturated rings. The SMILES string of the molecule is O=C(O)c1cccc2nc(C(O)c3ccccc3)oc12. The van der Waals surface area contributed by atoms with Gasteiger partial charge in [0.15, 0.2) is 11.7 Å². The predicted octanol–water partition coefficient (Wildman–Crippen LogP) is 2.61. The maximum absolute atomic E-state index is 11.1. The number of aromatic carboxylic acids is 1. The number of hydrogen-bond donors (Lipinski definition) is 2. The Labute approximate surface area is 114 Å². The van der Waals surface area contributed by atoms with E-state index in [1.807, 2.05) is 6.07 Å². The van der Waals surface area contributed by atoms with Crippen LogP contribution in [0.2, 0.25) is 0 Å². The lowest BCUT2D eigenvalue weighted by molar-refractivity contribution is 0.0697. The zero-order valence-corrected chi connectivity index (χ0v) is 10.4. The van der Waals surface area contributed by atoms with Gasteiger partial charge in [0.2, 0.25) is 5.89 Å². The molecule has 0 amide bonds. The molecule has 1 unspecified atom stereocenters. The summed E-state index contributed by atoms with van der Waals surface area (Å²) in [5.41, 5.74) is 1.25. The number of oxazole rings is 1. The van der Waals surface area contributed by atoms with Crippen molar-refractivity contribution >= 4 is 17.1 Å². The number of aromatic nitrogens is 1. The number of carboxylic acid groups (broad SMARTS) is 1. The first-order valence-electron chi connectivity index (χ1n) is 6.02. The molecule has 0 saturated heterocycles. The minimum absolute atomic E-state index is 0.0292. The van der Waals surface area contributed by atoms with Crippen molar-refractivity contribution in [3.05, 3.63) is 65.5 Å². The molecule has 1 aromatic heterocycles. The molecule has 20 heavy (non-hydrogen) atoms. The fraction of sp³-hybridized carbons (Fsp3) is 0.0667. The van der Waals surface area contributed by atoms with E-state index in [1.54, 1.807) is 36.4 Å². The molecule has 0 bridgehead atoms. The number of para-hydroxylation sites is 1. The highest BCUT2D eigenvalue weighted by atomic mass is 16.4. The van der Waals surface area contributed by atoms with Gasteiger partial charge < -0.3 is 14.6 Å². The Hall–Kier alpha value is -2.66. The Kier molecular flexibility index (Phi) is 2.96. The molecular formula is C15H11NO4. The van der Waals surface area contributed by atoms with Crippen LogP contribution in [-0.2, 0) is 0 Å². The lowest BCUT2D eigenvalue weighted by Crippen LogP contribution is -1.99. The summed E-state index contributed by atoms with van der Waals surface area (Å²) in [6.45, 7) is 0. The lowest BCUT2D eigenvalue weighted by atomic mass is 10.1. The highest BCUT2D eigenvalue weighted by molar-refractivity contribution is 5.99. The number of aliphatic hydroxyl groups is 1. The summed E-state index contributed by atoms with van der Waals surface area (Å²) in [7, 11) is 0. The van der Waals surface area contributed by atoms with E-state index in [1.165, 1.54) is 6.07 Å². The summed E-state index contributed by atoms with van der Waals surface area (Å²) in [5.74, 6) is -1.01. The number of fused-ring (bicyclic) bond motifs is 1. The second-order valence-electron chi connectivity index (χ2n) is 4.32. The van der Waals surface area contributed by atoms with E-state index in [4.69, 9.17) is 9.52 Å². The summed E-state index contributed by atoms with van der Waals surface area (Å²) in [6, 6.07) is 13.6. The van der Waals surface area contributed by atoms with E-state index < -0.39 is 12.1 Å². The maximum Gasteiger partial charge on any atom is 0.339 e. The van der Waals surface area contributed by atoms with E-state index in [2.05, 4.69) is 4.98 Å². The van der Waals surface area contributed by atoms with Crippen molar-refractivity contribution in [3.63, 3.8) is 0 Å². The molecule has 5 heteroatoms. The average molecular weight is 269 g/mol. The summed E-state index contributed by atoms with van der Waals surface area (Å²) >= 11 is 0. The molecule has 0 aliphatic heterocycles. The minimum Gasteiger partial charge on any atom is -0.478 e. The monoisotopic (exact) mass is 269 g/mol. The number of hydrogen-bond acceptors (Lipinski definition) is 4. The van der Waals surface area contributed by atoms with Crippen LogP contribution < -0.4 is 0 Å². The van der Waals surface area contributed by atoms with Gasteiger partial charge in [0.05, 0.1) is 0 Å². The van der Waals surface area contributed by atoms with Gasteiger partial charge in [-0.2, -0.15) is 0 Å². The van der Waals surface area contributed by atoms with Crippen molar-refractivity contribution in [1.29, 1.82) is 0 Å². The number of aliphatic hydroxyl groups excluding tert-OH is 1. The topological polar surface area (TPSA) is 83.6 Å². The average Bonchev–Trinajstić information content (AvgIpc) is 2.90. The van der Waals surface area contributed by atoms with Crippen molar-refractivity contribution in [2.75, 3.05) is 0 Å². The summed E-state index contributed by atoms with van der Waals surface area (Å²) < 4.78 is 5.43. The van der Waals surface area contributed by atoms with Gasteiger partial charge in [-0.3, -0.25) is 0 Å². The van der Waals surface area contributed by atoms with Crippen LogP contribution >= 0.6 is 0 Å². The van der Waals surface area contributed by atoms with Gasteiger partial charge in [0.1, 0.15) is 11.1 Å². The largest absolute Gasteiger partial charge is 0.478 e. The molecule has 3 rings (SSSR count). The summed E-state index contributed by atoms with van der Waals surface area (Å²) in [5, 5.41) is 19.3. The van der Waals surface area contributed by atoms with Gasteiger partial charge in [-0.25, -0.2) is 9.78 Å². The third kappa shape index (κ3) is 2.04. The highest BCUT2D eigenvalue weighted by Gasteiger charge is 2.20. The van der Waals surface area contributed by atoms with Crippen LogP contribution in [0.3, 0.4) is 0 Å². The van der Waals surface area contributed by atoms with E-state index in [0.717, 1.165) is 0 Å². The molecule has 5 nitrogen and oxygen atoms in total. The maximum atomic E-state index is 11.1. The Morgan fingerprint density at radius 1 is 1.10 bits per heavy atom. The van der Waals surface area contributed by atoms with Gasteiger partial charge in [-0.1, -0.05) is 36.4 Å². The first kappa shape index (κ1) is 12.4. The van der Waals surface area contributed by atoms with E-state index in [9.17, 15) is 9.90 Å². The number of rotatable bonds is 3. The third-order valence-corrected chi connectivity index (χ3v) is 3.01. The Morgan fingerprint density at radius 3 is 2.55 bits per heavy atom. The molecule has 0 aliphatic rings. The molecular weight excluding hydrogens is 258 g/mol. The van der Waals surface area contributed by atoms with Crippen LogP contribution in [-0.4, -0.2) is 21.2 Å². The Bertz CT molecular complexity index is 764. The second kappa shape index (κ2) is 4.79. The van der Waals surface area contributed by atoms with Crippen LogP contribution in [0, 0.1) is 0 Å². The fourth-order valence-corrected chi connectivity index (χ4v) is 2.03. The molecule has 1 heterocycles. The summed E-state index contributed by atoms with van der Waals surface area (Å²) in [4.78, 5) is 15.3. The van der Waals surface area contributed by atoms with Gasteiger partial charge in [0.25, 0.3) is 0 Å². The quantitative estimate of drug-likeness (QED) is 0.763. The van der Waals surface area contributed by atoms with Gasteiger partial charge in [-0.05, 0) is 17.7 Å². The number of benzene rings is 2. The van der Waals surface area contributed by atoms with E-state index >= 15 is 0 Å². The van der Waals surface area contributed by atoms with Crippen LogP contribution in [0.5, 0.6) is 0 Å². The normalized spacial score (nSPS) is 12.4. The molecule has 0 saturated carbocycles. The van der Waals surface area contributed by atoms with E-state index in [0.29, 0.717) is 11.1 Å². The molecule has 0 spiro atoms. The number of carbonyl (C=O) groups is 1. The first-order chi connectivity index (χ1) is 9.66. The molecule has 0 radical (unpaired) electrons. The molecule has 0 aliphatic carbocycles. The van der Waals surface area contributed by atoms with Crippen LogP contribution in [0.4, 0.5) is 0 Å². The van der Waals surface area contributed by atoms with Crippen LogP contribution in [0.25, 0.3) is 11.1 Å². The van der Waals surface area contributed by atoms with Crippen molar-refractivity contribution in [3.8, 4) is 0 Å². The highest BCUT2D eigenvalue weighted by Crippen LogP contribution is 2.27. The minimum atomic E-state index is -1.09. The van der Waals surface area contributed by atoms with Gasteiger partial charge >= 0.3 is 5.97 Å². The zero-order chi connectivity index (χ0) is 14.1. The van der Waals surface area contributed by atoms with Crippen LogP contribution in [0.1, 0.15) is 27.9 Å². The molecule has 100 valence electrons. The predicted molar refractivity (Wildman–Crippen MR) is 71.5 cm³/mol. The number of nitrogens with zero attached hydrogens (tertiary/aromatic N) is 1. The number of carboxylic acids is 1. The smallest absolute Gasteiger partial charge is 0.339 e. The van der Waals surface area contributed by atoms with Crippen molar-refractivity contribution < 1.29 is 19.4 Å².